The van der Waals surface area contributed by atoms with E-state index in [9.17, 15) is 28.0 Å². The molecule has 47 heavy (non-hydrogen) atoms. The third-order valence-electron chi connectivity index (χ3n) is 6.92. The number of ether oxygens (including phenoxy) is 3. The predicted octanol–water partition coefficient (Wildman–Crippen LogP) is 6.45. The molecule has 1 aromatic heterocycles. The third-order valence-corrected chi connectivity index (χ3v) is 8.96. The van der Waals surface area contributed by atoms with Gasteiger partial charge in [-0.05, 0) is 84.0 Å². The quantitative estimate of drug-likeness (QED) is 0.143. The first-order valence-corrected chi connectivity index (χ1v) is 16.4. The lowest BCUT2D eigenvalue weighted by molar-refractivity contribution is -0.140. The number of allylic oxidation sites excluding steroid dienone is 1. The summed E-state index contributed by atoms with van der Waals surface area (Å²) >= 11 is 8.86. The number of esters is 1. The van der Waals surface area contributed by atoms with Crippen LogP contribution < -0.4 is 24.4 Å². The second-order valence-electron chi connectivity index (χ2n) is 9.94. The highest BCUT2D eigenvalue weighted by atomic mass is 127. The van der Waals surface area contributed by atoms with E-state index in [1.807, 2.05) is 0 Å². The molecule has 0 amide bonds. The van der Waals surface area contributed by atoms with Crippen LogP contribution >= 0.6 is 45.5 Å². The number of thiazole rings is 1. The Hall–Kier alpha value is -4.13. The van der Waals surface area contributed by atoms with Crippen LogP contribution in [0.15, 0.2) is 81.7 Å². The SMILES string of the molecule is CCOC(=O)C1=C(C(F)(F)F)N=c2s/c(=C\c3cc(I)c(OCc4ccccc4C#N)c(OCC)c3)c(=O)n2[C@@H]1c1ccc(Cl)cc1. The molecule has 1 atom stereocenters. The van der Waals surface area contributed by atoms with E-state index >= 15 is 0 Å². The number of fused-ring (bicyclic) bond motifs is 1. The monoisotopic (exact) mass is 793 g/mol. The van der Waals surface area contributed by atoms with Crippen molar-refractivity contribution in [1.82, 2.24) is 4.57 Å². The number of nitriles is 1. The van der Waals surface area contributed by atoms with Gasteiger partial charge in [0.1, 0.15) is 6.61 Å². The standard InChI is InChI=1S/C33H24ClF3IN3O5S/c1-3-44-24-14-18(13-23(38)28(24)46-17-21-8-6-5-7-20(21)16-39)15-25-30(42)41-27(19-9-11-22(34)12-10-19)26(31(43)45-4-2)29(33(35,36)37)40-32(41)47-25/h5-15,27H,3-4,17H2,1-2H3/b25-15-/t27-/m1/s1. The Morgan fingerprint density at radius 1 is 1.13 bits per heavy atom. The maximum atomic E-state index is 14.4. The molecule has 5 rings (SSSR count). The average Bonchev–Trinajstić information content (AvgIpc) is 3.34. The van der Waals surface area contributed by atoms with Crippen molar-refractivity contribution in [2.45, 2.75) is 32.7 Å². The molecule has 3 aromatic carbocycles. The lowest BCUT2D eigenvalue weighted by atomic mass is 9.95. The van der Waals surface area contributed by atoms with Gasteiger partial charge in [0.25, 0.3) is 5.56 Å². The summed E-state index contributed by atoms with van der Waals surface area (Å²) in [5.74, 6) is -0.437. The van der Waals surface area contributed by atoms with Crippen LogP contribution in [0.2, 0.25) is 5.02 Å². The molecule has 0 saturated carbocycles. The van der Waals surface area contributed by atoms with Gasteiger partial charge in [-0.15, -0.1) is 0 Å². The molecule has 242 valence electrons. The topological polar surface area (TPSA) is 103 Å². The molecule has 0 saturated heterocycles. The molecule has 0 aliphatic carbocycles. The Bertz CT molecular complexity index is 2100. The van der Waals surface area contributed by atoms with Crippen LogP contribution in [0.25, 0.3) is 6.08 Å². The maximum Gasteiger partial charge on any atom is 0.434 e. The number of nitrogens with zero attached hydrogens (tertiary/aromatic N) is 3. The summed E-state index contributed by atoms with van der Waals surface area (Å²) in [6, 6.07) is 16.9. The summed E-state index contributed by atoms with van der Waals surface area (Å²) in [6.07, 6.45) is -3.50. The zero-order valence-electron chi connectivity index (χ0n) is 24.7. The van der Waals surface area contributed by atoms with E-state index in [1.165, 1.54) is 37.3 Å². The van der Waals surface area contributed by atoms with E-state index in [4.69, 9.17) is 25.8 Å². The summed E-state index contributed by atoms with van der Waals surface area (Å²) in [4.78, 5) is 30.5. The van der Waals surface area contributed by atoms with Gasteiger partial charge < -0.3 is 14.2 Å². The number of rotatable bonds is 9. The van der Waals surface area contributed by atoms with E-state index in [-0.39, 0.29) is 28.1 Å². The van der Waals surface area contributed by atoms with Gasteiger partial charge in [0.2, 0.25) is 0 Å². The molecule has 1 aliphatic rings. The first-order chi connectivity index (χ1) is 22.5. The smallest absolute Gasteiger partial charge is 0.434 e. The fourth-order valence-electron chi connectivity index (χ4n) is 4.93. The molecule has 0 unspecified atom stereocenters. The molecule has 0 fully saturated rings. The average molecular weight is 794 g/mol. The first kappa shape index (κ1) is 34.2. The van der Waals surface area contributed by atoms with Crippen molar-refractivity contribution < 1.29 is 32.2 Å². The summed E-state index contributed by atoms with van der Waals surface area (Å²) in [6.45, 7) is 3.48. The molecule has 1 aliphatic heterocycles. The van der Waals surface area contributed by atoms with Crippen molar-refractivity contribution >= 4 is 57.6 Å². The molecule has 0 radical (unpaired) electrons. The number of benzene rings is 3. The Morgan fingerprint density at radius 3 is 2.51 bits per heavy atom. The van der Waals surface area contributed by atoms with Crippen LogP contribution in [0.4, 0.5) is 13.2 Å². The van der Waals surface area contributed by atoms with Crippen LogP contribution in [0.3, 0.4) is 0 Å². The normalized spacial score (nSPS) is 14.7. The Labute approximate surface area is 289 Å². The molecule has 0 bridgehead atoms. The number of carbonyl (C=O) groups excluding carboxylic acids is 1. The Morgan fingerprint density at radius 2 is 1.85 bits per heavy atom. The molecule has 0 spiro atoms. The molecular weight excluding hydrogens is 770 g/mol. The van der Waals surface area contributed by atoms with E-state index in [0.717, 1.165) is 15.9 Å². The second kappa shape index (κ2) is 14.3. The predicted molar refractivity (Wildman–Crippen MR) is 178 cm³/mol. The van der Waals surface area contributed by atoms with E-state index in [0.29, 0.717) is 43.4 Å². The number of hydrogen-bond donors (Lipinski definition) is 0. The number of hydrogen-bond acceptors (Lipinski definition) is 8. The van der Waals surface area contributed by atoms with Gasteiger partial charge in [-0.25, -0.2) is 9.79 Å². The molecule has 8 nitrogen and oxygen atoms in total. The zero-order chi connectivity index (χ0) is 33.9. The summed E-state index contributed by atoms with van der Waals surface area (Å²) in [5.41, 5.74) is -0.993. The second-order valence-corrected chi connectivity index (χ2v) is 12.5. The fourth-order valence-corrected chi connectivity index (χ4v) is 6.84. The van der Waals surface area contributed by atoms with Crippen molar-refractivity contribution in [1.29, 1.82) is 5.26 Å². The lowest BCUT2D eigenvalue weighted by Crippen LogP contribution is -2.41. The lowest BCUT2D eigenvalue weighted by Gasteiger charge is -2.26. The molecule has 14 heteroatoms. The molecule has 2 heterocycles. The third kappa shape index (κ3) is 7.24. The van der Waals surface area contributed by atoms with Crippen molar-refractivity contribution in [2.24, 2.45) is 4.99 Å². The zero-order valence-corrected chi connectivity index (χ0v) is 28.5. The van der Waals surface area contributed by atoms with Gasteiger partial charge in [-0.3, -0.25) is 9.36 Å². The minimum absolute atomic E-state index is 0.0733. The highest BCUT2D eigenvalue weighted by Gasteiger charge is 2.45. The van der Waals surface area contributed by atoms with Crippen LogP contribution in [-0.4, -0.2) is 29.9 Å². The number of alkyl halides is 3. The number of carbonyl (C=O) groups is 1. The fraction of sp³-hybridized carbons (Fsp3) is 0.212. The minimum Gasteiger partial charge on any atom is -0.490 e. The van der Waals surface area contributed by atoms with Gasteiger partial charge in [-0.1, -0.05) is 53.3 Å². The van der Waals surface area contributed by atoms with Crippen LogP contribution in [-0.2, 0) is 16.1 Å². The van der Waals surface area contributed by atoms with E-state index in [1.54, 1.807) is 43.3 Å². The maximum absolute atomic E-state index is 14.4. The number of aromatic nitrogens is 1. The molecule has 4 aromatic rings. The molecule has 0 N–H and O–H groups in total. The van der Waals surface area contributed by atoms with Crippen molar-refractivity contribution in [2.75, 3.05) is 13.2 Å². The van der Waals surface area contributed by atoms with Gasteiger partial charge >= 0.3 is 12.1 Å². The molecular formula is C33H24ClF3IN3O5S. The van der Waals surface area contributed by atoms with Crippen LogP contribution in [0.5, 0.6) is 11.5 Å². The van der Waals surface area contributed by atoms with Gasteiger partial charge in [-0.2, -0.15) is 18.4 Å². The summed E-state index contributed by atoms with van der Waals surface area (Å²) in [5, 5.41) is 9.75. The van der Waals surface area contributed by atoms with E-state index < -0.39 is 35.0 Å². The van der Waals surface area contributed by atoms with E-state index in [2.05, 4.69) is 33.7 Å². The van der Waals surface area contributed by atoms with Gasteiger partial charge in [0.05, 0.1) is 44.6 Å². The van der Waals surface area contributed by atoms with Gasteiger partial charge in [0.15, 0.2) is 22.0 Å². The number of halogens is 5. The Balaban J connectivity index is 1.65. The first-order valence-electron chi connectivity index (χ1n) is 14.1. The van der Waals surface area contributed by atoms with Crippen LogP contribution in [0.1, 0.15) is 42.1 Å². The van der Waals surface area contributed by atoms with Crippen LogP contribution in [0, 0.1) is 14.9 Å². The largest absolute Gasteiger partial charge is 0.490 e. The summed E-state index contributed by atoms with van der Waals surface area (Å²) in [7, 11) is 0. The minimum atomic E-state index is -5.02. The van der Waals surface area contributed by atoms with Crippen molar-refractivity contribution in [3.8, 4) is 17.6 Å². The summed E-state index contributed by atoms with van der Waals surface area (Å²) < 4.78 is 61.9. The van der Waals surface area contributed by atoms with Crippen molar-refractivity contribution in [3.05, 3.63) is 122 Å². The highest BCUT2D eigenvalue weighted by Crippen LogP contribution is 2.39. The van der Waals surface area contributed by atoms with Gasteiger partial charge in [0, 0.05) is 10.6 Å². The van der Waals surface area contributed by atoms with Crippen molar-refractivity contribution in [3.63, 3.8) is 0 Å². The highest BCUT2D eigenvalue weighted by molar-refractivity contribution is 14.1. The Kier molecular flexibility index (Phi) is 10.4.